The Kier molecular flexibility index (Phi) is 3.13. The number of pyridine rings is 1. The van der Waals surface area contributed by atoms with Crippen molar-refractivity contribution in [2.24, 2.45) is 5.73 Å². The molecule has 0 saturated carbocycles. The Labute approximate surface area is 119 Å². The molecule has 110 valence electrons. The van der Waals surface area contributed by atoms with E-state index in [1.165, 1.54) is 12.1 Å². The molecule has 1 unspecified atom stereocenters. The van der Waals surface area contributed by atoms with Crippen LogP contribution in [0.5, 0.6) is 5.75 Å². The predicted molar refractivity (Wildman–Crippen MR) is 70.8 cm³/mol. The molecule has 2 N–H and O–H groups in total. The van der Waals surface area contributed by atoms with Crippen LogP contribution in [0.4, 0.5) is 13.2 Å². The second kappa shape index (κ2) is 4.73. The number of nitrogens with two attached hydrogens (primary N) is 1. The molecule has 0 aliphatic carbocycles. The van der Waals surface area contributed by atoms with Crippen molar-refractivity contribution in [1.29, 1.82) is 0 Å². The topological polar surface area (TPSA) is 48.1 Å². The Hall–Kier alpha value is -2.08. The maximum Gasteiger partial charge on any atom is 0.416 e. The summed E-state index contributed by atoms with van der Waals surface area (Å²) in [5, 5.41) is 0. The van der Waals surface area contributed by atoms with Gasteiger partial charge in [0.2, 0.25) is 0 Å². The SMILES string of the molecule is NC1(c2ccc(C(F)(F)F)cc2)CCOc2cccnc21. The van der Waals surface area contributed by atoms with E-state index in [9.17, 15) is 13.2 Å². The smallest absolute Gasteiger partial charge is 0.416 e. The second-order valence-electron chi connectivity index (χ2n) is 5.00. The van der Waals surface area contributed by atoms with Crippen molar-refractivity contribution < 1.29 is 17.9 Å². The maximum atomic E-state index is 12.6. The standard InChI is InChI=1S/C15H13F3N2O/c16-15(17,18)11-5-3-10(4-6-11)14(19)7-9-21-12-2-1-8-20-13(12)14/h1-6,8H,7,9,19H2. The van der Waals surface area contributed by atoms with Crippen LogP contribution in [-0.2, 0) is 11.7 Å². The van der Waals surface area contributed by atoms with Crippen LogP contribution in [0.25, 0.3) is 0 Å². The van der Waals surface area contributed by atoms with E-state index in [0.717, 1.165) is 12.1 Å². The van der Waals surface area contributed by atoms with Gasteiger partial charge in [-0.15, -0.1) is 0 Å². The van der Waals surface area contributed by atoms with Gasteiger partial charge in [-0.1, -0.05) is 12.1 Å². The fourth-order valence-corrected chi connectivity index (χ4v) is 2.52. The van der Waals surface area contributed by atoms with Crippen LogP contribution in [0.3, 0.4) is 0 Å². The average molecular weight is 294 g/mol. The Balaban J connectivity index is 2.04. The number of ether oxygens (including phenoxy) is 1. The van der Waals surface area contributed by atoms with Crippen LogP contribution in [-0.4, -0.2) is 11.6 Å². The average Bonchev–Trinajstić information content (AvgIpc) is 2.47. The first kappa shape index (κ1) is 13.9. The number of rotatable bonds is 1. The number of halogens is 3. The lowest BCUT2D eigenvalue weighted by Gasteiger charge is -2.34. The summed E-state index contributed by atoms with van der Waals surface area (Å²) in [6.07, 6.45) is -2.30. The molecule has 0 fully saturated rings. The van der Waals surface area contributed by atoms with E-state index >= 15 is 0 Å². The highest BCUT2D eigenvalue weighted by molar-refractivity contribution is 5.44. The van der Waals surface area contributed by atoms with Gasteiger partial charge in [0.1, 0.15) is 11.4 Å². The lowest BCUT2D eigenvalue weighted by Crippen LogP contribution is -2.43. The highest BCUT2D eigenvalue weighted by atomic mass is 19.4. The van der Waals surface area contributed by atoms with Crippen molar-refractivity contribution in [1.82, 2.24) is 4.98 Å². The lowest BCUT2D eigenvalue weighted by atomic mass is 9.82. The van der Waals surface area contributed by atoms with Gasteiger partial charge in [0, 0.05) is 12.6 Å². The highest BCUT2D eigenvalue weighted by Crippen LogP contribution is 2.39. The molecule has 3 rings (SSSR count). The number of aromatic nitrogens is 1. The molecule has 1 aliphatic heterocycles. The second-order valence-corrected chi connectivity index (χ2v) is 5.00. The Morgan fingerprint density at radius 1 is 1.14 bits per heavy atom. The maximum absolute atomic E-state index is 12.6. The molecular weight excluding hydrogens is 281 g/mol. The zero-order valence-corrected chi connectivity index (χ0v) is 11.0. The van der Waals surface area contributed by atoms with Crippen molar-refractivity contribution >= 4 is 0 Å². The highest BCUT2D eigenvalue weighted by Gasteiger charge is 2.38. The van der Waals surface area contributed by atoms with Crippen LogP contribution in [0, 0.1) is 0 Å². The van der Waals surface area contributed by atoms with Crippen molar-refractivity contribution in [3.05, 3.63) is 59.4 Å². The van der Waals surface area contributed by atoms with Crippen LogP contribution < -0.4 is 10.5 Å². The Bertz CT molecular complexity index is 655. The summed E-state index contributed by atoms with van der Waals surface area (Å²) in [6, 6.07) is 8.40. The fourth-order valence-electron chi connectivity index (χ4n) is 2.52. The van der Waals surface area contributed by atoms with Gasteiger partial charge < -0.3 is 10.5 Å². The molecule has 1 aliphatic rings. The molecule has 1 aromatic heterocycles. The largest absolute Gasteiger partial charge is 0.491 e. The summed E-state index contributed by atoms with van der Waals surface area (Å²) < 4.78 is 43.4. The Morgan fingerprint density at radius 3 is 2.52 bits per heavy atom. The van der Waals surface area contributed by atoms with Crippen molar-refractivity contribution in [3.8, 4) is 5.75 Å². The predicted octanol–water partition coefficient (Wildman–Crippen LogP) is 3.09. The minimum atomic E-state index is -4.36. The van der Waals surface area contributed by atoms with Gasteiger partial charge in [-0.05, 0) is 29.8 Å². The molecule has 2 aromatic rings. The van der Waals surface area contributed by atoms with E-state index < -0.39 is 17.3 Å². The first-order chi connectivity index (χ1) is 9.91. The minimum Gasteiger partial charge on any atom is -0.491 e. The molecule has 6 heteroatoms. The lowest BCUT2D eigenvalue weighted by molar-refractivity contribution is -0.137. The van der Waals surface area contributed by atoms with E-state index in [1.54, 1.807) is 18.3 Å². The third kappa shape index (κ3) is 2.35. The number of hydrogen-bond acceptors (Lipinski definition) is 3. The van der Waals surface area contributed by atoms with Crippen molar-refractivity contribution in [2.75, 3.05) is 6.61 Å². The normalized spacial score (nSPS) is 21.5. The quantitative estimate of drug-likeness (QED) is 0.879. The summed E-state index contributed by atoms with van der Waals surface area (Å²) in [5.41, 5.74) is 5.95. The molecule has 0 radical (unpaired) electrons. The van der Waals surface area contributed by atoms with E-state index in [2.05, 4.69) is 4.98 Å². The van der Waals surface area contributed by atoms with Crippen molar-refractivity contribution in [3.63, 3.8) is 0 Å². The van der Waals surface area contributed by atoms with Gasteiger partial charge in [0.15, 0.2) is 0 Å². The molecule has 0 spiro atoms. The van der Waals surface area contributed by atoms with E-state index in [4.69, 9.17) is 10.5 Å². The third-order valence-corrected chi connectivity index (χ3v) is 3.67. The fraction of sp³-hybridized carbons (Fsp3) is 0.267. The Morgan fingerprint density at radius 2 is 1.86 bits per heavy atom. The zero-order chi connectivity index (χ0) is 15.1. The molecule has 3 nitrogen and oxygen atoms in total. The monoisotopic (exact) mass is 294 g/mol. The van der Waals surface area contributed by atoms with Gasteiger partial charge in [-0.2, -0.15) is 13.2 Å². The van der Waals surface area contributed by atoms with E-state index in [0.29, 0.717) is 30.0 Å². The minimum absolute atomic E-state index is 0.399. The first-order valence-corrected chi connectivity index (χ1v) is 6.46. The summed E-state index contributed by atoms with van der Waals surface area (Å²) in [4.78, 5) is 4.25. The summed E-state index contributed by atoms with van der Waals surface area (Å²) >= 11 is 0. The molecule has 0 bridgehead atoms. The number of nitrogens with zero attached hydrogens (tertiary/aromatic N) is 1. The van der Waals surface area contributed by atoms with Gasteiger partial charge >= 0.3 is 6.18 Å². The molecule has 1 aromatic carbocycles. The van der Waals surface area contributed by atoms with Crippen LogP contribution >= 0.6 is 0 Å². The summed E-state index contributed by atoms with van der Waals surface area (Å²) in [5.74, 6) is 0.575. The molecule has 0 amide bonds. The number of benzene rings is 1. The van der Waals surface area contributed by atoms with Gasteiger partial charge in [-0.3, -0.25) is 4.98 Å². The van der Waals surface area contributed by atoms with E-state index in [1.807, 2.05) is 0 Å². The van der Waals surface area contributed by atoms with Gasteiger partial charge in [-0.25, -0.2) is 0 Å². The molecule has 1 atom stereocenters. The van der Waals surface area contributed by atoms with E-state index in [-0.39, 0.29) is 0 Å². The zero-order valence-electron chi connectivity index (χ0n) is 11.0. The van der Waals surface area contributed by atoms with Crippen LogP contribution in [0.2, 0.25) is 0 Å². The molecule has 21 heavy (non-hydrogen) atoms. The van der Waals surface area contributed by atoms with Gasteiger partial charge in [0.25, 0.3) is 0 Å². The first-order valence-electron chi connectivity index (χ1n) is 6.46. The number of alkyl halides is 3. The third-order valence-electron chi connectivity index (χ3n) is 3.67. The molecule has 2 heterocycles. The molecule has 0 saturated heterocycles. The van der Waals surface area contributed by atoms with Gasteiger partial charge in [0.05, 0.1) is 17.7 Å². The summed E-state index contributed by atoms with van der Waals surface area (Å²) in [7, 11) is 0. The molecular formula is C15H13F3N2O. The number of hydrogen-bond donors (Lipinski definition) is 1. The summed E-state index contributed by atoms with van der Waals surface area (Å²) in [6.45, 7) is 0.399. The van der Waals surface area contributed by atoms with Crippen molar-refractivity contribution in [2.45, 2.75) is 18.1 Å². The van der Waals surface area contributed by atoms with Crippen LogP contribution in [0.15, 0.2) is 42.6 Å². The number of fused-ring (bicyclic) bond motifs is 1. The van der Waals surface area contributed by atoms with Crippen LogP contribution in [0.1, 0.15) is 23.2 Å².